The first-order valence-electron chi connectivity index (χ1n) is 6.07. The summed E-state index contributed by atoms with van der Waals surface area (Å²) in [6.45, 7) is 1.84. The van der Waals surface area contributed by atoms with Gasteiger partial charge in [-0.25, -0.2) is 0 Å². The SMILES string of the molecule is COc1ccc([N+](=O)[O-])cc1CNCCn1ccnn1. The Hall–Kier alpha value is -2.48. The van der Waals surface area contributed by atoms with Crippen molar-refractivity contribution in [3.05, 3.63) is 46.3 Å². The third-order valence-corrected chi connectivity index (χ3v) is 2.78. The quantitative estimate of drug-likeness (QED) is 0.460. The van der Waals surface area contributed by atoms with Crippen molar-refractivity contribution >= 4 is 5.69 Å². The van der Waals surface area contributed by atoms with Crippen molar-refractivity contribution < 1.29 is 9.66 Å². The summed E-state index contributed by atoms with van der Waals surface area (Å²) in [6, 6.07) is 4.55. The Morgan fingerprint density at radius 3 is 3.00 bits per heavy atom. The van der Waals surface area contributed by atoms with E-state index in [-0.39, 0.29) is 5.69 Å². The van der Waals surface area contributed by atoms with Crippen LogP contribution >= 0.6 is 0 Å². The number of non-ortho nitro benzene ring substituents is 1. The van der Waals surface area contributed by atoms with Crippen LogP contribution < -0.4 is 10.1 Å². The van der Waals surface area contributed by atoms with E-state index < -0.39 is 4.92 Å². The van der Waals surface area contributed by atoms with E-state index in [9.17, 15) is 10.1 Å². The zero-order chi connectivity index (χ0) is 14.4. The topological polar surface area (TPSA) is 95.1 Å². The summed E-state index contributed by atoms with van der Waals surface area (Å²) in [5, 5.41) is 21.5. The molecule has 0 atom stereocenters. The van der Waals surface area contributed by atoms with Gasteiger partial charge in [0.25, 0.3) is 5.69 Å². The van der Waals surface area contributed by atoms with Crippen molar-refractivity contribution in [3.63, 3.8) is 0 Å². The Labute approximate surface area is 115 Å². The molecule has 0 saturated carbocycles. The molecule has 0 aliphatic heterocycles. The molecule has 2 aromatic rings. The molecule has 2 rings (SSSR count). The van der Waals surface area contributed by atoms with E-state index in [0.29, 0.717) is 25.4 Å². The molecule has 0 radical (unpaired) electrons. The molecule has 0 saturated heterocycles. The van der Waals surface area contributed by atoms with Crippen molar-refractivity contribution in [2.45, 2.75) is 13.1 Å². The largest absolute Gasteiger partial charge is 0.496 e. The third kappa shape index (κ3) is 3.51. The predicted molar refractivity (Wildman–Crippen MR) is 71.4 cm³/mol. The molecule has 0 unspecified atom stereocenters. The molecule has 1 aromatic heterocycles. The molecule has 0 spiro atoms. The number of methoxy groups -OCH3 is 1. The average Bonchev–Trinajstić information content (AvgIpc) is 2.96. The highest BCUT2D eigenvalue weighted by Crippen LogP contribution is 2.23. The fourth-order valence-corrected chi connectivity index (χ4v) is 1.79. The van der Waals surface area contributed by atoms with E-state index in [1.165, 1.54) is 12.1 Å². The molecule has 0 aliphatic carbocycles. The summed E-state index contributed by atoms with van der Waals surface area (Å²) < 4.78 is 6.90. The molecular formula is C12H15N5O3. The monoisotopic (exact) mass is 277 g/mol. The molecule has 0 amide bonds. The van der Waals surface area contributed by atoms with Gasteiger partial charge in [-0.15, -0.1) is 5.10 Å². The smallest absolute Gasteiger partial charge is 0.270 e. The van der Waals surface area contributed by atoms with E-state index in [1.807, 2.05) is 0 Å². The lowest BCUT2D eigenvalue weighted by Gasteiger charge is -2.09. The van der Waals surface area contributed by atoms with Crippen molar-refractivity contribution in [1.82, 2.24) is 20.3 Å². The zero-order valence-electron chi connectivity index (χ0n) is 11.0. The van der Waals surface area contributed by atoms with E-state index in [0.717, 1.165) is 5.56 Å². The lowest BCUT2D eigenvalue weighted by Crippen LogP contribution is -2.20. The number of rotatable bonds is 7. The molecule has 0 fully saturated rings. The standard InChI is InChI=1S/C12H15N5O3/c1-20-12-3-2-11(17(18)19)8-10(12)9-13-4-6-16-7-5-14-15-16/h2-3,5,7-8,13H,4,6,9H2,1H3. The number of nitrogens with one attached hydrogen (secondary N) is 1. The second-order valence-corrected chi connectivity index (χ2v) is 4.10. The maximum atomic E-state index is 10.8. The second-order valence-electron chi connectivity index (χ2n) is 4.10. The highest BCUT2D eigenvalue weighted by atomic mass is 16.6. The van der Waals surface area contributed by atoms with Crippen molar-refractivity contribution in [2.75, 3.05) is 13.7 Å². The van der Waals surface area contributed by atoms with Crippen LogP contribution in [0.25, 0.3) is 0 Å². The fraction of sp³-hybridized carbons (Fsp3) is 0.333. The minimum atomic E-state index is -0.418. The Kier molecular flexibility index (Phi) is 4.61. The second kappa shape index (κ2) is 6.62. The molecule has 106 valence electrons. The summed E-state index contributed by atoms with van der Waals surface area (Å²) in [6.07, 6.45) is 3.39. The first-order valence-corrected chi connectivity index (χ1v) is 6.07. The van der Waals surface area contributed by atoms with Crippen LogP contribution in [0, 0.1) is 10.1 Å². The summed E-state index contributed by atoms with van der Waals surface area (Å²) >= 11 is 0. The van der Waals surface area contributed by atoms with Crippen LogP contribution in [0.1, 0.15) is 5.56 Å². The van der Waals surface area contributed by atoms with Gasteiger partial charge in [-0.2, -0.15) is 0 Å². The number of hydrogen-bond donors (Lipinski definition) is 1. The third-order valence-electron chi connectivity index (χ3n) is 2.78. The molecular weight excluding hydrogens is 262 g/mol. The molecule has 1 N–H and O–H groups in total. The number of nitro benzene ring substituents is 1. The zero-order valence-corrected chi connectivity index (χ0v) is 11.0. The maximum absolute atomic E-state index is 10.8. The Morgan fingerprint density at radius 2 is 2.35 bits per heavy atom. The van der Waals surface area contributed by atoms with Crippen LogP contribution in [0.4, 0.5) is 5.69 Å². The number of hydrogen-bond acceptors (Lipinski definition) is 6. The van der Waals surface area contributed by atoms with Gasteiger partial charge < -0.3 is 10.1 Å². The van der Waals surface area contributed by atoms with Crippen LogP contribution in [0.3, 0.4) is 0 Å². The minimum absolute atomic E-state index is 0.0545. The fourth-order valence-electron chi connectivity index (χ4n) is 1.79. The van der Waals surface area contributed by atoms with Gasteiger partial charge in [0.1, 0.15) is 5.75 Å². The molecule has 1 heterocycles. The van der Waals surface area contributed by atoms with Gasteiger partial charge in [-0.3, -0.25) is 14.8 Å². The van der Waals surface area contributed by atoms with Gasteiger partial charge >= 0.3 is 0 Å². The molecule has 8 nitrogen and oxygen atoms in total. The molecule has 8 heteroatoms. The Bertz CT molecular complexity index is 570. The number of benzene rings is 1. The van der Waals surface area contributed by atoms with Gasteiger partial charge in [0.2, 0.25) is 0 Å². The molecule has 0 aliphatic rings. The van der Waals surface area contributed by atoms with Crippen molar-refractivity contribution in [3.8, 4) is 5.75 Å². The molecule has 0 bridgehead atoms. The number of aromatic nitrogens is 3. The first-order chi connectivity index (χ1) is 9.70. The van der Waals surface area contributed by atoms with Gasteiger partial charge in [-0.1, -0.05) is 5.21 Å². The van der Waals surface area contributed by atoms with Gasteiger partial charge in [0.15, 0.2) is 0 Å². The number of nitro groups is 1. The van der Waals surface area contributed by atoms with E-state index in [1.54, 1.807) is 30.3 Å². The summed E-state index contributed by atoms with van der Waals surface area (Å²) in [7, 11) is 1.54. The number of nitrogens with zero attached hydrogens (tertiary/aromatic N) is 4. The van der Waals surface area contributed by atoms with Gasteiger partial charge in [0.05, 0.1) is 24.8 Å². The van der Waals surface area contributed by atoms with Crippen LogP contribution in [0.5, 0.6) is 5.75 Å². The van der Waals surface area contributed by atoms with Gasteiger partial charge in [0, 0.05) is 37.0 Å². The minimum Gasteiger partial charge on any atom is -0.496 e. The lowest BCUT2D eigenvalue weighted by molar-refractivity contribution is -0.384. The van der Waals surface area contributed by atoms with E-state index >= 15 is 0 Å². The molecule has 1 aromatic carbocycles. The van der Waals surface area contributed by atoms with Crippen LogP contribution in [0.2, 0.25) is 0 Å². The predicted octanol–water partition coefficient (Wildman–Crippen LogP) is 0.985. The summed E-state index contributed by atoms with van der Waals surface area (Å²) in [5.74, 6) is 0.629. The van der Waals surface area contributed by atoms with E-state index in [2.05, 4.69) is 15.6 Å². The highest BCUT2D eigenvalue weighted by Gasteiger charge is 2.10. The highest BCUT2D eigenvalue weighted by molar-refractivity contribution is 5.43. The van der Waals surface area contributed by atoms with E-state index in [4.69, 9.17) is 4.74 Å². The Balaban J connectivity index is 1.93. The lowest BCUT2D eigenvalue weighted by atomic mass is 10.1. The maximum Gasteiger partial charge on any atom is 0.270 e. The van der Waals surface area contributed by atoms with Crippen LogP contribution in [-0.2, 0) is 13.1 Å². The molecule has 20 heavy (non-hydrogen) atoms. The van der Waals surface area contributed by atoms with Crippen molar-refractivity contribution in [2.24, 2.45) is 0 Å². The Morgan fingerprint density at radius 1 is 1.50 bits per heavy atom. The first kappa shape index (κ1) is 13.9. The van der Waals surface area contributed by atoms with Crippen LogP contribution in [0.15, 0.2) is 30.6 Å². The normalized spacial score (nSPS) is 10.4. The summed E-state index contributed by atoms with van der Waals surface area (Å²) in [5.41, 5.74) is 0.805. The van der Waals surface area contributed by atoms with Crippen LogP contribution in [-0.4, -0.2) is 33.6 Å². The van der Waals surface area contributed by atoms with Gasteiger partial charge in [-0.05, 0) is 6.07 Å². The summed E-state index contributed by atoms with van der Waals surface area (Å²) in [4.78, 5) is 10.3. The number of ether oxygens (including phenoxy) is 1. The average molecular weight is 277 g/mol. The van der Waals surface area contributed by atoms with Crippen molar-refractivity contribution in [1.29, 1.82) is 0 Å².